The summed E-state index contributed by atoms with van der Waals surface area (Å²) in [5, 5.41) is 7.77. The second kappa shape index (κ2) is 9.14. The largest absolute Gasteiger partial charge is 0.493 e. The van der Waals surface area contributed by atoms with Crippen molar-refractivity contribution in [1.29, 1.82) is 0 Å². The summed E-state index contributed by atoms with van der Waals surface area (Å²) < 4.78 is 25.9. The molecule has 0 amide bonds. The molecule has 148 valence electrons. The van der Waals surface area contributed by atoms with Gasteiger partial charge in [-0.2, -0.15) is 4.98 Å². The summed E-state index contributed by atoms with van der Waals surface area (Å²) in [4.78, 5) is 16.3. The van der Waals surface area contributed by atoms with E-state index in [-0.39, 0.29) is 0 Å². The molecule has 2 heterocycles. The Morgan fingerprint density at radius 3 is 2.71 bits per heavy atom. The fourth-order valence-electron chi connectivity index (χ4n) is 2.60. The van der Waals surface area contributed by atoms with E-state index in [9.17, 15) is 4.79 Å². The molecule has 1 aromatic carbocycles. The Balaban J connectivity index is 1.64. The predicted molar refractivity (Wildman–Crippen MR) is 96.8 cm³/mol. The molecular formula is C19H21N3O6. The van der Waals surface area contributed by atoms with Crippen LogP contribution in [0.5, 0.6) is 5.75 Å². The highest BCUT2D eigenvalue weighted by atomic mass is 16.5. The van der Waals surface area contributed by atoms with Gasteiger partial charge in [0.2, 0.25) is 11.7 Å². The lowest BCUT2D eigenvalue weighted by Crippen LogP contribution is -2.07. The third kappa shape index (κ3) is 4.74. The minimum absolute atomic E-state index is 0.296. The molecule has 0 aliphatic rings. The number of carbonyl (C=O) groups excluding carboxylic acids is 1. The predicted octanol–water partition coefficient (Wildman–Crippen LogP) is 2.98. The Morgan fingerprint density at radius 2 is 2.00 bits per heavy atom. The van der Waals surface area contributed by atoms with Crippen LogP contribution in [0, 0.1) is 6.92 Å². The first-order chi connectivity index (χ1) is 13.6. The highest BCUT2D eigenvalue weighted by molar-refractivity contribution is 5.93. The summed E-state index contributed by atoms with van der Waals surface area (Å²) in [5.41, 5.74) is 1.68. The maximum absolute atomic E-state index is 12.1. The molecule has 0 N–H and O–H groups in total. The van der Waals surface area contributed by atoms with Crippen LogP contribution in [0.4, 0.5) is 0 Å². The fraction of sp³-hybridized carbons (Fsp3) is 0.368. The molecule has 3 rings (SSSR count). The van der Waals surface area contributed by atoms with Gasteiger partial charge in [0.25, 0.3) is 0 Å². The highest BCUT2D eigenvalue weighted by Gasteiger charge is 2.17. The molecule has 28 heavy (non-hydrogen) atoms. The fourth-order valence-corrected chi connectivity index (χ4v) is 2.60. The van der Waals surface area contributed by atoms with E-state index < -0.39 is 5.97 Å². The van der Waals surface area contributed by atoms with Gasteiger partial charge in [-0.05, 0) is 24.6 Å². The minimum atomic E-state index is -0.503. The van der Waals surface area contributed by atoms with Crippen molar-refractivity contribution in [1.82, 2.24) is 15.3 Å². The molecule has 2 aromatic heterocycles. The number of rotatable bonds is 9. The zero-order chi connectivity index (χ0) is 19.9. The molecule has 0 saturated carbocycles. The van der Waals surface area contributed by atoms with E-state index in [4.69, 9.17) is 23.3 Å². The van der Waals surface area contributed by atoms with Crippen molar-refractivity contribution in [2.75, 3.05) is 20.8 Å². The van der Waals surface area contributed by atoms with Crippen molar-refractivity contribution in [2.24, 2.45) is 0 Å². The van der Waals surface area contributed by atoms with Crippen LogP contribution in [0.1, 0.15) is 34.1 Å². The Kier molecular flexibility index (Phi) is 6.38. The number of methoxy groups -OCH3 is 2. The Bertz CT molecular complexity index is 933. The molecule has 0 fully saturated rings. The van der Waals surface area contributed by atoms with Gasteiger partial charge in [0.05, 0.1) is 20.3 Å². The van der Waals surface area contributed by atoms with Crippen LogP contribution in [0.15, 0.2) is 33.3 Å². The number of ether oxygens (including phenoxy) is 3. The number of hydrogen-bond acceptors (Lipinski definition) is 9. The van der Waals surface area contributed by atoms with Gasteiger partial charge in [-0.15, -0.1) is 0 Å². The molecule has 0 saturated heterocycles. The van der Waals surface area contributed by atoms with E-state index in [2.05, 4.69) is 15.3 Å². The van der Waals surface area contributed by atoms with E-state index in [0.29, 0.717) is 54.6 Å². The van der Waals surface area contributed by atoms with Gasteiger partial charge in [0.15, 0.2) is 0 Å². The van der Waals surface area contributed by atoms with Crippen molar-refractivity contribution in [3.63, 3.8) is 0 Å². The first kappa shape index (κ1) is 19.6. The average molecular weight is 387 g/mol. The molecule has 0 bridgehead atoms. The van der Waals surface area contributed by atoms with E-state index in [1.54, 1.807) is 32.2 Å². The van der Waals surface area contributed by atoms with Crippen LogP contribution in [0.2, 0.25) is 0 Å². The number of carbonyl (C=O) groups is 1. The highest BCUT2D eigenvalue weighted by Crippen LogP contribution is 2.26. The molecule has 9 heteroatoms. The summed E-state index contributed by atoms with van der Waals surface area (Å²) in [6.45, 7) is 2.50. The molecule has 0 unspecified atom stereocenters. The molecule has 0 atom stereocenters. The summed E-state index contributed by atoms with van der Waals surface area (Å²) in [7, 11) is 2.92. The normalized spacial score (nSPS) is 10.8. The van der Waals surface area contributed by atoms with Crippen LogP contribution in [-0.2, 0) is 22.5 Å². The van der Waals surface area contributed by atoms with E-state index >= 15 is 0 Å². The third-order valence-electron chi connectivity index (χ3n) is 3.90. The van der Waals surface area contributed by atoms with Crippen molar-refractivity contribution < 1.29 is 28.1 Å². The van der Waals surface area contributed by atoms with Gasteiger partial charge in [-0.3, -0.25) is 0 Å². The summed E-state index contributed by atoms with van der Waals surface area (Å²) in [5.74, 6) is 1.51. The third-order valence-corrected chi connectivity index (χ3v) is 3.90. The zero-order valence-electron chi connectivity index (χ0n) is 15.9. The number of esters is 1. The molecular weight excluding hydrogens is 366 g/mol. The molecule has 0 radical (unpaired) electrons. The molecule has 0 spiro atoms. The molecule has 9 nitrogen and oxygen atoms in total. The maximum Gasteiger partial charge on any atom is 0.341 e. The van der Waals surface area contributed by atoms with Crippen molar-refractivity contribution in [3.8, 4) is 17.1 Å². The van der Waals surface area contributed by atoms with Gasteiger partial charge in [-0.1, -0.05) is 10.3 Å². The van der Waals surface area contributed by atoms with E-state index in [1.807, 2.05) is 6.07 Å². The van der Waals surface area contributed by atoms with E-state index in [0.717, 1.165) is 11.5 Å². The smallest absolute Gasteiger partial charge is 0.341 e. The van der Waals surface area contributed by atoms with Gasteiger partial charge in [-0.25, -0.2) is 4.79 Å². The zero-order valence-corrected chi connectivity index (χ0v) is 15.9. The van der Waals surface area contributed by atoms with Crippen molar-refractivity contribution in [3.05, 3.63) is 47.2 Å². The maximum atomic E-state index is 12.1. The lowest BCUT2D eigenvalue weighted by Gasteiger charge is -2.11. The number of nitrogens with zero attached hydrogens (tertiary/aromatic N) is 3. The van der Waals surface area contributed by atoms with Crippen LogP contribution in [-0.4, -0.2) is 42.1 Å². The summed E-state index contributed by atoms with van der Waals surface area (Å²) >= 11 is 0. The van der Waals surface area contributed by atoms with Crippen LogP contribution in [0.3, 0.4) is 0 Å². The number of aromatic nitrogens is 3. The number of aryl methyl sites for hydroxylation is 2. The Labute approximate surface area is 161 Å². The Morgan fingerprint density at radius 1 is 1.14 bits per heavy atom. The Hall–Kier alpha value is -3.20. The first-order valence-electron chi connectivity index (χ1n) is 8.70. The minimum Gasteiger partial charge on any atom is -0.493 e. The van der Waals surface area contributed by atoms with Gasteiger partial charge in [0, 0.05) is 32.1 Å². The molecule has 3 aromatic rings. The monoisotopic (exact) mass is 387 g/mol. The van der Waals surface area contributed by atoms with E-state index in [1.165, 1.54) is 7.11 Å². The average Bonchev–Trinajstić information content (AvgIpc) is 3.34. The van der Waals surface area contributed by atoms with Crippen LogP contribution >= 0.6 is 0 Å². The lowest BCUT2D eigenvalue weighted by molar-refractivity contribution is 0.0596. The van der Waals surface area contributed by atoms with Crippen molar-refractivity contribution >= 4 is 5.97 Å². The second-order valence-corrected chi connectivity index (χ2v) is 6.01. The van der Waals surface area contributed by atoms with Crippen LogP contribution in [0.25, 0.3) is 11.4 Å². The number of hydrogen-bond donors (Lipinski definition) is 0. The first-order valence-corrected chi connectivity index (χ1v) is 8.70. The standard InChI is InChI=1S/C19H21N3O6/c1-12-20-18(22-27-12)13-6-7-17(16(9-13)19(23)25-3)26-8-4-5-15-10-14(11-24-2)21-28-15/h6-7,9-10H,4-5,8,11H2,1-3H3. The topological polar surface area (TPSA) is 110 Å². The van der Waals surface area contributed by atoms with Gasteiger partial charge in [0.1, 0.15) is 22.8 Å². The summed E-state index contributed by atoms with van der Waals surface area (Å²) in [6, 6.07) is 6.93. The quantitative estimate of drug-likeness (QED) is 0.404. The van der Waals surface area contributed by atoms with Gasteiger partial charge < -0.3 is 23.3 Å². The molecule has 0 aliphatic carbocycles. The molecule has 0 aliphatic heterocycles. The lowest BCUT2D eigenvalue weighted by atomic mass is 10.1. The summed E-state index contributed by atoms with van der Waals surface area (Å²) in [6.07, 6.45) is 1.35. The van der Waals surface area contributed by atoms with Crippen molar-refractivity contribution in [2.45, 2.75) is 26.4 Å². The second-order valence-electron chi connectivity index (χ2n) is 6.01. The van der Waals surface area contributed by atoms with Crippen LogP contribution < -0.4 is 4.74 Å². The number of benzene rings is 1. The SMILES string of the molecule is COCc1cc(CCCOc2ccc(-c3noc(C)n3)cc2C(=O)OC)on1. The van der Waals surface area contributed by atoms with Gasteiger partial charge >= 0.3 is 5.97 Å².